The zero-order chi connectivity index (χ0) is 29.2. The molecule has 0 aliphatic heterocycles. The molecular formula is C40H31N3. The summed E-state index contributed by atoms with van der Waals surface area (Å²) in [6.07, 6.45) is 6.13. The van der Waals surface area contributed by atoms with Crippen LogP contribution >= 0.6 is 0 Å². The highest BCUT2D eigenvalue weighted by Gasteiger charge is 2.13. The van der Waals surface area contributed by atoms with Gasteiger partial charge in [-0.2, -0.15) is 0 Å². The molecular weight excluding hydrogens is 522 g/mol. The molecule has 7 rings (SSSR count). The lowest BCUT2D eigenvalue weighted by atomic mass is 10.0. The largest absolute Gasteiger partial charge is 0.309 e. The Labute approximate surface area is 252 Å². The van der Waals surface area contributed by atoms with Crippen LogP contribution < -0.4 is 0 Å². The molecule has 0 unspecified atom stereocenters. The van der Waals surface area contributed by atoms with Crippen molar-refractivity contribution in [2.75, 3.05) is 0 Å². The lowest BCUT2D eigenvalue weighted by Gasteiger charge is -2.11. The average molecular weight is 554 g/mol. The van der Waals surface area contributed by atoms with Crippen molar-refractivity contribution in [3.8, 4) is 39.3 Å². The Morgan fingerprint density at radius 2 is 1.02 bits per heavy atom. The zero-order valence-electron chi connectivity index (χ0n) is 24.3. The van der Waals surface area contributed by atoms with Gasteiger partial charge in [-0.1, -0.05) is 121 Å². The highest BCUT2D eigenvalue weighted by Crippen LogP contribution is 2.33. The van der Waals surface area contributed by atoms with Crippen molar-refractivity contribution >= 4 is 27.4 Å². The number of aromatic nitrogens is 3. The van der Waals surface area contributed by atoms with Gasteiger partial charge in [-0.25, -0.2) is 9.97 Å². The molecule has 0 bridgehead atoms. The van der Waals surface area contributed by atoms with E-state index in [-0.39, 0.29) is 0 Å². The minimum Gasteiger partial charge on any atom is -0.309 e. The molecule has 0 saturated heterocycles. The Morgan fingerprint density at radius 1 is 0.535 bits per heavy atom. The van der Waals surface area contributed by atoms with Gasteiger partial charge in [-0.3, -0.25) is 0 Å². The topological polar surface area (TPSA) is 30.7 Å². The molecule has 0 fully saturated rings. The summed E-state index contributed by atoms with van der Waals surface area (Å²) in [5.74, 6) is 0.724. The van der Waals surface area contributed by atoms with Crippen molar-refractivity contribution in [1.82, 2.24) is 14.5 Å². The van der Waals surface area contributed by atoms with Gasteiger partial charge in [-0.05, 0) is 55.3 Å². The summed E-state index contributed by atoms with van der Waals surface area (Å²) < 4.78 is 2.35. The molecule has 0 N–H and O–H groups in total. The molecule has 0 amide bonds. The van der Waals surface area contributed by atoms with Gasteiger partial charge in [-0.15, -0.1) is 0 Å². The van der Waals surface area contributed by atoms with Gasteiger partial charge >= 0.3 is 0 Å². The molecule has 5 aromatic carbocycles. The molecule has 206 valence electrons. The number of benzene rings is 5. The van der Waals surface area contributed by atoms with E-state index in [4.69, 9.17) is 9.97 Å². The molecule has 3 nitrogen and oxygen atoms in total. The molecule has 0 radical (unpaired) electrons. The van der Waals surface area contributed by atoms with Crippen molar-refractivity contribution in [2.24, 2.45) is 0 Å². The van der Waals surface area contributed by atoms with Crippen LogP contribution in [0.25, 0.3) is 66.7 Å². The van der Waals surface area contributed by atoms with Crippen LogP contribution in [0.4, 0.5) is 0 Å². The maximum Gasteiger partial charge on any atom is 0.160 e. The highest BCUT2D eigenvalue weighted by atomic mass is 15.0. The Morgan fingerprint density at radius 3 is 1.58 bits per heavy atom. The summed E-state index contributed by atoms with van der Waals surface area (Å²) in [6, 6.07) is 47.1. The standard InChI is InChI=1S/C40H31N3/c1-3-12-28(4-2)40-41-36(31-13-6-5-7-14-31)27-37(42-40)32-21-19-29(20-22-32)30-23-25-33(26-24-30)43-38-17-10-8-15-34(38)35-16-9-11-18-39(35)43/h3-27H,1-2H3. The summed E-state index contributed by atoms with van der Waals surface area (Å²) in [5, 5.41) is 2.54. The van der Waals surface area contributed by atoms with Gasteiger partial charge in [0.25, 0.3) is 0 Å². The van der Waals surface area contributed by atoms with E-state index in [2.05, 4.69) is 132 Å². The number of rotatable bonds is 6. The lowest BCUT2D eigenvalue weighted by molar-refractivity contribution is 1.13. The SMILES string of the molecule is CC=CC(=CC)c1nc(-c2ccccc2)cc(-c2ccc(-c3ccc(-n4c5ccccc5c5ccccc54)cc3)cc2)n1. The van der Waals surface area contributed by atoms with Gasteiger partial charge in [0.1, 0.15) is 0 Å². The minimum atomic E-state index is 0.724. The van der Waals surface area contributed by atoms with E-state index in [1.54, 1.807) is 0 Å². The number of hydrogen-bond donors (Lipinski definition) is 0. The molecule has 43 heavy (non-hydrogen) atoms. The van der Waals surface area contributed by atoms with Crippen LogP contribution in [0.3, 0.4) is 0 Å². The Bertz CT molecular complexity index is 2060. The number of nitrogens with zero attached hydrogens (tertiary/aromatic N) is 3. The number of fused-ring (bicyclic) bond motifs is 3. The Kier molecular flexibility index (Phi) is 6.98. The molecule has 2 heterocycles. The summed E-state index contributed by atoms with van der Waals surface area (Å²) in [5.41, 5.74) is 10.9. The fraction of sp³-hybridized carbons (Fsp3) is 0.0500. The van der Waals surface area contributed by atoms with Crippen molar-refractivity contribution in [3.63, 3.8) is 0 Å². The van der Waals surface area contributed by atoms with Crippen LogP contribution in [0.15, 0.2) is 152 Å². The maximum absolute atomic E-state index is 4.98. The van der Waals surface area contributed by atoms with Crippen LogP contribution in [-0.2, 0) is 0 Å². The van der Waals surface area contributed by atoms with Crippen molar-refractivity contribution < 1.29 is 0 Å². The smallest absolute Gasteiger partial charge is 0.160 e. The molecule has 0 saturated carbocycles. The number of para-hydroxylation sites is 2. The van der Waals surface area contributed by atoms with E-state index in [9.17, 15) is 0 Å². The zero-order valence-corrected chi connectivity index (χ0v) is 24.3. The van der Waals surface area contributed by atoms with Crippen molar-refractivity contribution in [1.29, 1.82) is 0 Å². The van der Waals surface area contributed by atoms with Crippen LogP contribution in [0.1, 0.15) is 19.7 Å². The third kappa shape index (κ3) is 4.96. The van der Waals surface area contributed by atoms with Crippen LogP contribution in [0.5, 0.6) is 0 Å². The monoisotopic (exact) mass is 553 g/mol. The summed E-state index contributed by atoms with van der Waals surface area (Å²) in [6.45, 7) is 4.04. The van der Waals surface area contributed by atoms with E-state index in [1.165, 1.54) is 27.4 Å². The van der Waals surface area contributed by atoms with E-state index in [0.717, 1.165) is 45.2 Å². The third-order valence-corrected chi connectivity index (χ3v) is 7.93. The second kappa shape index (κ2) is 11.4. The van der Waals surface area contributed by atoms with Crippen molar-refractivity contribution in [3.05, 3.63) is 158 Å². The fourth-order valence-electron chi connectivity index (χ4n) is 5.80. The molecule has 0 atom stereocenters. The first-order chi connectivity index (χ1) is 21.2. The van der Waals surface area contributed by atoms with Crippen LogP contribution in [-0.4, -0.2) is 14.5 Å². The Balaban J connectivity index is 1.24. The minimum absolute atomic E-state index is 0.724. The molecule has 0 aliphatic rings. The van der Waals surface area contributed by atoms with Gasteiger partial charge in [0.15, 0.2) is 5.82 Å². The first kappa shape index (κ1) is 26.4. The second-order valence-electron chi connectivity index (χ2n) is 10.6. The van der Waals surface area contributed by atoms with Crippen molar-refractivity contribution in [2.45, 2.75) is 13.8 Å². The second-order valence-corrected chi connectivity index (χ2v) is 10.6. The first-order valence-electron chi connectivity index (χ1n) is 14.7. The van der Waals surface area contributed by atoms with E-state index in [1.807, 2.05) is 38.1 Å². The van der Waals surface area contributed by atoms with Gasteiger partial charge in [0.2, 0.25) is 0 Å². The molecule has 3 heteroatoms. The van der Waals surface area contributed by atoms with Crippen LogP contribution in [0.2, 0.25) is 0 Å². The quantitative estimate of drug-likeness (QED) is 0.192. The normalized spacial score (nSPS) is 12.0. The average Bonchev–Trinajstić information content (AvgIpc) is 3.42. The van der Waals surface area contributed by atoms with Gasteiger partial charge < -0.3 is 4.57 Å². The predicted octanol–water partition coefficient (Wildman–Crippen LogP) is 10.6. The predicted molar refractivity (Wildman–Crippen MR) is 181 cm³/mol. The lowest BCUT2D eigenvalue weighted by Crippen LogP contribution is -1.98. The van der Waals surface area contributed by atoms with Gasteiger partial charge in [0, 0.05) is 33.2 Å². The fourth-order valence-corrected chi connectivity index (χ4v) is 5.80. The molecule has 2 aromatic heterocycles. The number of hydrogen-bond acceptors (Lipinski definition) is 2. The highest BCUT2D eigenvalue weighted by molar-refractivity contribution is 6.09. The molecule has 0 aliphatic carbocycles. The first-order valence-corrected chi connectivity index (χ1v) is 14.7. The van der Waals surface area contributed by atoms with Gasteiger partial charge in [0.05, 0.1) is 22.4 Å². The van der Waals surface area contributed by atoms with Crippen LogP contribution in [0, 0.1) is 0 Å². The summed E-state index contributed by atoms with van der Waals surface area (Å²) in [7, 11) is 0. The summed E-state index contributed by atoms with van der Waals surface area (Å²) in [4.78, 5) is 9.90. The molecule has 7 aromatic rings. The summed E-state index contributed by atoms with van der Waals surface area (Å²) >= 11 is 0. The molecule has 0 spiro atoms. The third-order valence-electron chi connectivity index (χ3n) is 7.93. The van der Waals surface area contributed by atoms with E-state index >= 15 is 0 Å². The van der Waals surface area contributed by atoms with E-state index < -0.39 is 0 Å². The number of allylic oxidation sites excluding steroid dienone is 4. The van der Waals surface area contributed by atoms with E-state index in [0.29, 0.717) is 0 Å². The maximum atomic E-state index is 4.98. The Hall–Kier alpha value is -5.54.